The molecule has 0 saturated heterocycles. The normalized spacial score (nSPS) is 10.3. The molecule has 116 valence electrons. The third-order valence-electron chi connectivity index (χ3n) is 3.48. The van der Waals surface area contributed by atoms with Crippen molar-refractivity contribution in [3.8, 4) is 0 Å². The highest BCUT2D eigenvalue weighted by molar-refractivity contribution is 5.93. The van der Waals surface area contributed by atoms with Gasteiger partial charge in [-0.15, -0.1) is 0 Å². The van der Waals surface area contributed by atoms with Gasteiger partial charge in [-0.1, -0.05) is 29.8 Å². The van der Waals surface area contributed by atoms with Crippen molar-refractivity contribution in [2.45, 2.75) is 27.3 Å². The molecule has 1 aromatic heterocycles. The molecule has 0 fully saturated rings. The van der Waals surface area contributed by atoms with E-state index in [0.717, 1.165) is 0 Å². The van der Waals surface area contributed by atoms with Crippen LogP contribution < -0.4 is 5.32 Å². The maximum absolute atomic E-state index is 12.2. The zero-order valence-corrected chi connectivity index (χ0v) is 13.3. The van der Waals surface area contributed by atoms with Crippen molar-refractivity contribution in [2.24, 2.45) is 0 Å². The zero-order chi connectivity index (χ0) is 15.9. The summed E-state index contributed by atoms with van der Waals surface area (Å²) in [6.07, 6.45) is 3.15. The molecular weight excluding hydrogens is 276 g/mol. The third-order valence-corrected chi connectivity index (χ3v) is 3.48. The molecule has 1 N–H and O–H groups in total. The topological polar surface area (TPSA) is 58.1 Å². The molecule has 5 heteroatoms. The number of carbonyl (C=O) groups excluding carboxylic acids is 1. The van der Waals surface area contributed by atoms with Crippen LogP contribution in [0.3, 0.4) is 0 Å². The number of rotatable bonds is 6. The number of aromatic nitrogens is 2. The first kappa shape index (κ1) is 15.9. The molecule has 1 aromatic carbocycles. The second-order valence-electron chi connectivity index (χ2n) is 5.12. The Kier molecular flexibility index (Phi) is 5.47. The molecule has 5 nitrogen and oxygen atoms in total. The lowest BCUT2D eigenvalue weighted by Crippen LogP contribution is -2.30. The number of aryl methyl sites for hydroxylation is 1. The molecule has 0 radical (unpaired) electrons. The summed E-state index contributed by atoms with van der Waals surface area (Å²) < 4.78 is 0. The number of anilines is 1. The highest BCUT2D eigenvalue weighted by atomic mass is 16.2. The summed E-state index contributed by atoms with van der Waals surface area (Å²) in [5.74, 6) is 0.493. The average Bonchev–Trinajstić information content (AvgIpc) is 2.54. The molecule has 22 heavy (non-hydrogen) atoms. The van der Waals surface area contributed by atoms with E-state index in [2.05, 4.69) is 40.4 Å². The molecule has 0 aliphatic rings. The summed E-state index contributed by atoms with van der Waals surface area (Å²) in [6.45, 7) is 8.00. The molecule has 1 heterocycles. The van der Waals surface area contributed by atoms with Gasteiger partial charge < -0.3 is 10.2 Å². The van der Waals surface area contributed by atoms with E-state index in [1.165, 1.54) is 11.1 Å². The Labute approximate surface area is 131 Å². The molecule has 1 amide bonds. The van der Waals surface area contributed by atoms with E-state index in [9.17, 15) is 4.79 Å². The largest absolute Gasteiger partial charge is 0.350 e. The van der Waals surface area contributed by atoms with Crippen LogP contribution in [0, 0.1) is 6.92 Å². The summed E-state index contributed by atoms with van der Waals surface area (Å²) in [7, 11) is 0. The van der Waals surface area contributed by atoms with Crippen molar-refractivity contribution < 1.29 is 4.79 Å². The van der Waals surface area contributed by atoms with Crippen molar-refractivity contribution in [2.75, 3.05) is 18.4 Å². The fourth-order valence-corrected chi connectivity index (χ4v) is 2.23. The molecular formula is C17H22N4O. The van der Waals surface area contributed by atoms with Crippen LogP contribution >= 0.6 is 0 Å². The lowest BCUT2D eigenvalue weighted by Gasteiger charge is -2.18. The quantitative estimate of drug-likeness (QED) is 0.891. The number of amides is 1. The van der Waals surface area contributed by atoms with Crippen LogP contribution in [0.15, 0.2) is 36.7 Å². The number of hydrogen-bond donors (Lipinski definition) is 1. The first-order valence-corrected chi connectivity index (χ1v) is 7.54. The van der Waals surface area contributed by atoms with Crippen LogP contribution in [0.2, 0.25) is 0 Å². The average molecular weight is 298 g/mol. The molecule has 0 bridgehead atoms. The van der Waals surface area contributed by atoms with Crippen molar-refractivity contribution in [1.29, 1.82) is 0 Å². The van der Waals surface area contributed by atoms with Crippen LogP contribution in [0.4, 0.5) is 5.95 Å². The van der Waals surface area contributed by atoms with E-state index in [1.54, 1.807) is 17.3 Å². The minimum Gasteiger partial charge on any atom is -0.350 e. The van der Waals surface area contributed by atoms with E-state index in [1.807, 2.05) is 19.9 Å². The fourth-order valence-electron chi connectivity index (χ4n) is 2.23. The Bertz CT molecular complexity index is 621. The van der Waals surface area contributed by atoms with Crippen molar-refractivity contribution >= 4 is 11.9 Å². The van der Waals surface area contributed by atoms with Gasteiger partial charge in [0.05, 0.1) is 5.56 Å². The summed E-state index contributed by atoms with van der Waals surface area (Å²) >= 11 is 0. The van der Waals surface area contributed by atoms with Crippen molar-refractivity contribution in [1.82, 2.24) is 14.9 Å². The van der Waals surface area contributed by atoms with E-state index in [0.29, 0.717) is 31.1 Å². The van der Waals surface area contributed by atoms with Crippen LogP contribution in [0.5, 0.6) is 0 Å². The van der Waals surface area contributed by atoms with E-state index < -0.39 is 0 Å². The van der Waals surface area contributed by atoms with Crippen LogP contribution in [-0.2, 0) is 6.54 Å². The third kappa shape index (κ3) is 4.04. The van der Waals surface area contributed by atoms with Crippen LogP contribution in [-0.4, -0.2) is 33.9 Å². The Morgan fingerprint density at radius 2 is 1.86 bits per heavy atom. The minimum atomic E-state index is -0.0322. The molecule has 2 rings (SSSR count). The Hall–Kier alpha value is -2.43. The maximum Gasteiger partial charge on any atom is 0.256 e. The summed E-state index contributed by atoms with van der Waals surface area (Å²) in [6, 6.07) is 8.26. The SMILES string of the molecule is CCN(CC)C(=O)c1cnc(NCc2cccc(C)c2)nc1. The Morgan fingerprint density at radius 1 is 1.18 bits per heavy atom. The van der Waals surface area contributed by atoms with Gasteiger partial charge in [0, 0.05) is 32.0 Å². The number of nitrogens with zero attached hydrogens (tertiary/aromatic N) is 3. The monoisotopic (exact) mass is 298 g/mol. The minimum absolute atomic E-state index is 0.0322. The fraction of sp³-hybridized carbons (Fsp3) is 0.353. The molecule has 0 aliphatic carbocycles. The van der Waals surface area contributed by atoms with Gasteiger partial charge in [0.1, 0.15) is 0 Å². The van der Waals surface area contributed by atoms with Gasteiger partial charge >= 0.3 is 0 Å². The second-order valence-corrected chi connectivity index (χ2v) is 5.12. The zero-order valence-electron chi connectivity index (χ0n) is 13.3. The molecule has 0 aliphatic heterocycles. The van der Waals surface area contributed by atoms with Gasteiger partial charge in [0.2, 0.25) is 5.95 Å². The number of carbonyl (C=O) groups is 1. The lowest BCUT2D eigenvalue weighted by molar-refractivity contribution is 0.0772. The smallest absolute Gasteiger partial charge is 0.256 e. The second kappa shape index (κ2) is 7.54. The van der Waals surface area contributed by atoms with Crippen LogP contribution in [0.25, 0.3) is 0 Å². The number of hydrogen-bond acceptors (Lipinski definition) is 4. The van der Waals surface area contributed by atoms with Gasteiger partial charge in [0.15, 0.2) is 0 Å². The highest BCUT2D eigenvalue weighted by Gasteiger charge is 2.13. The maximum atomic E-state index is 12.2. The van der Waals surface area contributed by atoms with Gasteiger partial charge in [-0.2, -0.15) is 0 Å². The Morgan fingerprint density at radius 3 is 2.45 bits per heavy atom. The molecule has 2 aromatic rings. The van der Waals surface area contributed by atoms with Gasteiger partial charge in [-0.25, -0.2) is 9.97 Å². The van der Waals surface area contributed by atoms with Gasteiger partial charge in [-0.05, 0) is 26.3 Å². The number of nitrogens with one attached hydrogen (secondary N) is 1. The summed E-state index contributed by atoms with van der Waals surface area (Å²) in [5, 5.41) is 3.16. The predicted octanol–water partition coefficient (Wildman–Crippen LogP) is 2.88. The lowest BCUT2D eigenvalue weighted by atomic mass is 10.1. The standard InChI is InChI=1S/C17H22N4O/c1-4-21(5-2)16(22)15-11-19-17(20-12-15)18-10-14-8-6-7-13(3)9-14/h6-9,11-12H,4-5,10H2,1-3H3,(H,18,19,20). The summed E-state index contributed by atoms with van der Waals surface area (Å²) in [5.41, 5.74) is 2.91. The summed E-state index contributed by atoms with van der Waals surface area (Å²) in [4.78, 5) is 22.3. The molecule has 0 unspecified atom stereocenters. The van der Waals surface area contributed by atoms with Gasteiger partial charge in [-0.3, -0.25) is 4.79 Å². The van der Waals surface area contributed by atoms with E-state index in [-0.39, 0.29) is 5.91 Å². The van der Waals surface area contributed by atoms with Crippen molar-refractivity contribution in [3.05, 3.63) is 53.3 Å². The van der Waals surface area contributed by atoms with Crippen molar-refractivity contribution in [3.63, 3.8) is 0 Å². The van der Waals surface area contributed by atoms with E-state index in [4.69, 9.17) is 0 Å². The van der Waals surface area contributed by atoms with Crippen LogP contribution in [0.1, 0.15) is 35.3 Å². The molecule has 0 atom stereocenters. The predicted molar refractivity (Wildman–Crippen MR) is 87.8 cm³/mol. The highest BCUT2D eigenvalue weighted by Crippen LogP contribution is 2.08. The first-order chi connectivity index (χ1) is 10.6. The number of benzene rings is 1. The van der Waals surface area contributed by atoms with Gasteiger partial charge in [0.25, 0.3) is 5.91 Å². The molecule has 0 spiro atoms. The van der Waals surface area contributed by atoms with E-state index >= 15 is 0 Å². The Balaban J connectivity index is 1.98. The molecule has 0 saturated carbocycles. The first-order valence-electron chi connectivity index (χ1n) is 7.54.